The van der Waals surface area contributed by atoms with E-state index in [2.05, 4.69) is 43.9 Å². The Morgan fingerprint density at radius 3 is 1.48 bits per heavy atom. The molecule has 0 aliphatic carbocycles. The van der Waals surface area contributed by atoms with Crippen molar-refractivity contribution < 1.29 is 43.6 Å². The molecule has 2 N–H and O–H groups in total. The first kappa shape index (κ1) is 82.6. The second-order valence-electron chi connectivity index (χ2n) is 14.4. The number of rotatable bonds is 20. The average Bonchev–Trinajstić information content (AvgIpc) is 3.27. The van der Waals surface area contributed by atoms with Crippen LogP contribution in [0.4, 0.5) is 0 Å². The molecule has 0 heterocycles. The Labute approximate surface area is 422 Å². The molecule has 0 aliphatic rings. The van der Waals surface area contributed by atoms with Crippen molar-refractivity contribution in [2.45, 2.75) is 147 Å². The van der Waals surface area contributed by atoms with Crippen LogP contribution in [-0.2, 0) is 33.4 Å². The number of nitriles is 2. The molecule has 0 saturated heterocycles. The first-order valence-electron chi connectivity index (χ1n) is 20.7. The van der Waals surface area contributed by atoms with Gasteiger partial charge < -0.3 is 39.1 Å². The van der Waals surface area contributed by atoms with Crippen LogP contribution in [0.25, 0.3) is 4.85 Å². The van der Waals surface area contributed by atoms with E-state index >= 15 is 0 Å². The van der Waals surface area contributed by atoms with E-state index in [4.69, 9.17) is 61.2 Å². The maximum atomic E-state index is 11.7. The Balaban J connectivity index is -0.0000000909. The number of carbonyl (C=O) groups is 4. The summed E-state index contributed by atoms with van der Waals surface area (Å²) in [4.78, 5) is 52.7. The van der Waals surface area contributed by atoms with E-state index in [-0.39, 0.29) is 66.6 Å². The average molecular weight is 1010 g/mol. The molecule has 20 heteroatoms. The highest BCUT2D eigenvalue weighted by molar-refractivity contribution is 8.24. The zero-order chi connectivity index (χ0) is 51.6. The van der Waals surface area contributed by atoms with E-state index in [1.165, 1.54) is 22.7 Å². The second-order valence-corrected chi connectivity index (χ2v) is 17.1. The number of hydrogen-bond acceptors (Lipinski definition) is 16. The molecule has 67 heavy (non-hydrogen) atoms. The lowest BCUT2D eigenvalue weighted by Crippen LogP contribution is -2.36. The molecule has 0 aromatic heterocycles. The third-order valence-corrected chi connectivity index (χ3v) is 9.87. The molecule has 0 aromatic carbocycles. The zero-order valence-electron chi connectivity index (χ0n) is 41.2. The van der Waals surface area contributed by atoms with Crippen LogP contribution in [0.1, 0.15) is 132 Å². The summed E-state index contributed by atoms with van der Waals surface area (Å²) in [7, 11) is 3.38. The standard InChI is InChI=1S/C12H23NO3S.C11H21NO3S2.C10H16N4.C5H8O2.C3H7NO.C3H3N.3CH4/c1-5-13(6-2)10(17)9-12(3,4)11(15)16-8-7-14;1-5-12(6-2)10(16)17-11(3,4)9(14)15-8-7-13;1-6-9(3,8-11)13-14-10(4,7-2)12-5;1-3-5(6)7-4-2;1-4(2)3-5;1-2-3-4;;;/h14H,5-9H2,1-4H3;13H,5-8H2,1-4H3;6-7H2,1-4H3;3H,1,4H2,2H3;3H,1-2H3;2H,1H2;3*1H4. The Morgan fingerprint density at radius 1 is 0.791 bits per heavy atom. The first-order valence-corrected chi connectivity index (χ1v) is 22.3. The number of azo groups is 1. The van der Waals surface area contributed by atoms with Crippen molar-refractivity contribution in [2.24, 2.45) is 15.6 Å². The Bertz CT molecular complexity index is 1440. The lowest BCUT2D eigenvalue weighted by molar-refractivity contribution is -0.154. The summed E-state index contributed by atoms with van der Waals surface area (Å²) < 4.78 is 14.3. The Hall–Kier alpha value is -4.52. The fraction of sp³-hybridized carbons (Fsp3) is 0.723. The van der Waals surface area contributed by atoms with Gasteiger partial charge in [0.25, 0.3) is 0 Å². The summed E-state index contributed by atoms with van der Waals surface area (Å²) in [6.07, 6.45) is 4.77. The van der Waals surface area contributed by atoms with E-state index in [9.17, 15) is 19.2 Å². The number of hydrogen-bond donors (Lipinski definition) is 2. The van der Waals surface area contributed by atoms with Gasteiger partial charge in [-0.15, -0.1) is 5.11 Å². The van der Waals surface area contributed by atoms with Gasteiger partial charge in [0.2, 0.25) is 6.41 Å². The van der Waals surface area contributed by atoms with Crippen LogP contribution in [0.3, 0.4) is 0 Å². The number of aliphatic hydroxyl groups is 2. The number of allylic oxidation sites excluding steroid dienone is 1. The van der Waals surface area contributed by atoms with E-state index in [0.29, 0.717) is 30.2 Å². The summed E-state index contributed by atoms with van der Waals surface area (Å²) >= 11 is 11.9. The number of thiocarbonyl (C=S) groups is 2. The number of esters is 3. The smallest absolute Gasteiger partial charge is 0.337 e. The molecule has 0 saturated carbocycles. The van der Waals surface area contributed by atoms with Crippen molar-refractivity contribution in [3.8, 4) is 12.1 Å². The van der Waals surface area contributed by atoms with Gasteiger partial charge in [-0.3, -0.25) is 19.2 Å². The van der Waals surface area contributed by atoms with Crippen molar-refractivity contribution in [3.63, 3.8) is 0 Å². The van der Waals surface area contributed by atoms with Gasteiger partial charge in [-0.05, 0) is 75.7 Å². The summed E-state index contributed by atoms with van der Waals surface area (Å²) in [6, 6.07) is 3.78. The number of amides is 1. The number of ether oxygens (including phenoxy) is 3. The van der Waals surface area contributed by atoms with Crippen LogP contribution in [0.2, 0.25) is 0 Å². The Morgan fingerprint density at radius 2 is 1.21 bits per heavy atom. The van der Waals surface area contributed by atoms with Crippen molar-refractivity contribution in [2.75, 3.05) is 73.3 Å². The molecule has 0 spiro atoms. The molecular formula is C47H90N8O9S3. The lowest BCUT2D eigenvalue weighted by atomic mass is 9.89. The minimum atomic E-state index is -0.812. The molecule has 2 atom stereocenters. The summed E-state index contributed by atoms with van der Waals surface area (Å²) in [5.74, 6) is -1.03. The topological polar surface area (TPSA) is 223 Å². The molecule has 0 rings (SSSR count). The molecule has 0 aromatic rings. The van der Waals surface area contributed by atoms with Crippen molar-refractivity contribution in [1.29, 1.82) is 10.5 Å². The van der Waals surface area contributed by atoms with Gasteiger partial charge in [-0.25, -0.2) is 11.4 Å². The van der Waals surface area contributed by atoms with Gasteiger partial charge in [0.1, 0.15) is 22.3 Å². The normalized spacial score (nSPS) is 11.2. The van der Waals surface area contributed by atoms with Crippen LogP contribution in [0.5, 0.6) is 0 Å². The van der Waals surface area contributed by atoms with Crippen molar-refractivity contribution in [1.82, 2.24) is 14.7 Å². The van der Waals surface area contributed by atoms with E-state index < -0.39 is 21.4 Å². The fourth-order valence-electron chi connectivity index (χ4n) is 3.35. The molecule has 0 fully saturated rings. The SMILES string of the molecule is C.C.C.C=CC#N.C=CC(=O)OCC.CCN(CC)C(=S)CC(C)(C)C(=O)OCCO.CCN(CC)C(=S)SC(C)(C)C(=O)OCCO.CN(C)C=O.[C-]#[N+]C(C)(CC)N=NC(C)(C#N)CC. The predicted octanol–water partition coefficient (Wildman–Crippen LogP) is 9.49. The minimum Gasteiger partial charge on any atom is -0.463 e. The molecule has 0 bridgehead atoms. The largest absolute Gasteiger partial charge is 0.463 e. The molecule has 17 nitrogen and oxygen atoms in total. The van der Waals surface area contributed by atoms with Gasteiger partial charge in [0.05, 0.1) is 42.4 Å². The maximum absolute atomic E-state index is 11.7. The predicted molar refractivity (Wildman–Crippen MR) is 284 cm³/mol. The highest BCUT2D eigenvalue weighted by atomic mass is 32.2. The Kier molecular flexibility index (Phi) is 60.9. The van der Waals surface area contributed by atoms with Crippen LogP contribution in [0, 0.1) is 34.6 Å². The van der Waals surface area contributed by atoms with Gasteiger partial charge >= 0.3 is 23.6 Å². The highest BCUT2D eigenvalue weighted by Crippen LogP contribution is 2.29. The molecule has 1 amide bonds. The zero-order valence-corrected chi connectivity index (χ0v) is 43.6. The molecule has 0 radical (unpaired) electrons. The van der Waals surface area contributed by atoms with Crippen LogP contribution in [0.15, 0.2) is 35.5 Å². The quantitative estimate of drug-likeness (QED) is 0.0169. The fourth-order valence-corrected chi connectivity index (χ4v) is 5.82. The number of aliphatic hydroxyl groups excluding tert-OH is 2. The van der Waals surface area contributed by atoms with Gasteiger partial charge in [0, 0.05) is 72.2 Å². The van der Waals surface area contributed by atoms with Crippen LogP contribution in [-0.4, -0.2) is 148 Å². The van der Waals surface area contributed by atoms with Crippen molar-refractivity contribution >= 4 is 69.8 Å². The third kappa shape index (κ3) is 46.4. The highest BCUT2D eigenvalue weighted by Gasteiger charge is 2.33. The summed E-state index contributed by atoms with van der Waals surface area (Å²) in [5, 5.41) is 41.5. The maximum Gasteiger partial charge on any atom is 0.337 e. The molecule has 390 valence electrons. The van der Waals surface area contributed by atoms with Gasteiger partial charge in [0.15, 0.2) is 5.54 Å². The number of nitrogens with zero attached hydrogens (tertiary/aromatic N) is 8. The monoisotopic (exact) mass is 1010 g/mol. The summed E-state index contributed by atoms with van der Waals surface area (Å²) in [6.45, 7) is 41.0. The molecule has 0 aliphatic heterocycles. The first-order chi connectivity index (χ1) is 29.7. The van der Waals surface area contributed by atoms with Crippen molar-refractivity contribution in [3.05, 3.63) is 36.7 Å². The molecular weight excluding hydrogens is 917 g/mol. The van der Waals surface area contributed by atoms with Crippen LogP contribution >= 0.6 is 36.2 Å². The lowest BCUT2D eigenvalue weighted by Gasteiger charge is -2.28. The number of thioether (sulfide) groups is 1. The van der Waals surface area contributed by atoms with E-state index in [1.807, 2.05) is 60.3 Å². The van der Waals surface area contributed by atoms with Gasteiger partial charge in [-0.1, -0.05) is 85.5 Å². The third-order valence-electron chi connectivity index (χ3n) is 7.85. The molecule has 2 unspecified atom stereocenters. The minimum absolute atomic E-state index is 0. The second kappa shape index (κ2) is 49.4. The number of carbonyl (C=O) groups excluding carboxylic acids is 4. The van der Waals surface area contributed by atoms with E-state index in [1.54, 1.807) is 54.8 Å². The van der Waals surface area contributed by atoms with Gasteiger partial charge in [-0.2, -0.15) is 15.6 Å². The van der Waals surface area contributed by atoms with E-state index in [0.717, 1.165) is 43.7 Å². The van der Waals surface area contributed by atoms with Crippen LogP contribution < -0.4 is 0 Å². The summed E-state index contributed by atoms with van der Waals surface area (Å²) in [5.41, 5.74) is -2.25.